The van der Waals surface area contributed by atoms with E-state index < -0.39 is 0 Å². The van der Waals surface area contributed by atoms with Crippen LogP contribution in [-0.2, 0) is 6.42 Å². The van der Waals surface area contributed by atoms with Crippen LogP contribution in [0.1, 0.15) is 12.0 Å². The molecule has 15 heavy (non-hydrogen) atoms. The molecule has 0 aromatic heterocycles. The SMILES string of the molecule is C#CCC(Cc1ccc(OC)cc1)NN. The van der Waals surface area contributed by atoms with Crippen molar-refractivity contribution in [2.75, 3.05) is 7.11 Å². The minimum absolute atomic E-state index is 0.128. The number of hydrogen-bond donors (Lipinski definition) is 2. The summed E-state index contributed by atoms with van der Waals surface area (Å²) in [6.07, 6.45) is 6.69. The molecule has 3 heteroatoms. The third-order valence-electron chi connectivity index (χ3n) is 2.24. The molecule has 0 aliphatic carbocycles. The molecule has 80 valence electrons. The number of hydrazine groups is 1. The lowest BCUT2D eigenvalue weighted by molar-refractivity contribution is 0.414. The molecule has 1 unspecified atom stereocenters. The molecule has 0 spiro atoms. The number of hydrogen-bond acceptors (Lipinski definition) is 3. The Balaban J connectivity index is 2.59. The molecule has 3 nitrogen and oxygen atoms in total. The van der Waals surface area contributed by atoms with Crippen molar-refractivity contribution in [1.82, 2.24) is 5.43 Å². The maximum absolute atomic E-state index is 5.39. The predicted molar refractivity (Wildman–Crippen MR) is 61.3 cm³/mol. The van der Waals surface area contributed by atoms with Crippen LogP contribution in [0.2, 0.25) is 0 Å². The molecule has 0 aliphatic heterocycles. The van der Waals surface area contributed by atoms with Crippen molar-refractivity contribution >= 4 is 0 Å². The van der Waals surface area contributed by atoms with Gasteiger partial charge in [-0.3, -0.25) is 11.3 Å². The van der Waals surface area contributed by atoms with Crippen LogP contribution in [-0.4, -0.2) is 13.2 Å². The second-order valence-electron chi connectivity index (χ2n) is 3.32. The van der Waals surface area contributed by atoms with Gasteiger partial charge in [-0.1, -0.05) is 12.1 Å². The molecule has 0 saturated heterocycles. The Hall–Kier alpha value is -1.50. The Morgan fingerprint density at radius 3 is 2.60 bits per heavy atom. The monoisotopic (exact) mass is 204 g/mol. The van der Waals surface area contributed by atoms with Gasteiger partial charge in [0.25, 0.3) is 0 Å². The first kappa shape index (κ1) is 11.6. The number of methoxy groups -OCH3 is 1. The summed E-state index contributed by atoms with van der Waals surface area (Å²) in [7, 11) is 1.65. The molecule has 0 radical (unpaired) electrons. The number of nitrogens with one attached hydrogen (secondary N) is 1. The summed E-state index contributed by atoms with van der Waals surface area (Å²) in [4.78, 5) is 0. The third-order valence-corrected chi connectivity index (χ3v) is 2.24. The van der Waals surface area contributed by atoms with E-state index in [1.807, 2.05) is 24.3 Å². The zero-order valence-electron chi connectivity index (χ0n) is 8.86. The quantitative estimate of drug-likeness (QED) is 0.429. The molecule has 0 saturated carbocycles. The van der Waals surface area contributed by atoms with Gasteiger partial charge in [0.05, 0.1) is 7.11 Å². The first-order valence-corrected chi connectivity index (χ1v) is 4.82. The molecule has 1 atom stereocenters. The van der Waals surface area contributed by atoms with E-state index >= 15 is 0 Å². The van der Waals surface area contributed by atoms with E-state index in [1.54, 1.807) is 7.11 Å². The Labute approximate surface area is 90.6 Å². The smallest absolute Gasteiger partial charge is 0.118 e. The van der Waals surface area contributed by atoms with Crippen molar-refractivity contribution in [3.05, 3.63) is 29.8 Å². The van der Waals surface area contributed by atoms with Crippen LogP contribution in [0.3, 0.4) is 0 Å². The van der Waals surface area contributed by atoms with E-state index in [4.69, 9.17) is 17.0 Å². The molecule has 0 fully saturated rings. The van der Waals surface area contributed by atoms with Gasteiger partial charge in [0.2, 0.25) is 0 Å². The highest BCUT2D eigenvalue weighted by Crippen LogP contribution is 2.13. The maximum atomic E-state index is 5.39. The standard InChI is InChI=1S/C12H16N2O/c1-3-4-11(14-13)9-10-5-7-12(15-2)8-6-10/h1,5-8,11,14H,4,9,13H2,2H3. The van der Waals surface area contributed by atoms with Gasteiger partial charge in [-0.25, -0.2) is 0 Å². The van der Waals surface area contributed by atoms with E-state index in [-0.39, 0.29) is 6.04 Å². The largest absolute Gasteiger partial charge is 0.497 e. The van der Waals surface area contributed by atoms with Crippen LogP contribution in [0.4, 0.5) is 0 Å². The van der Waals surface area contributed by atoms with Crippen LogP contribution in [0.5, 0.6) is 5.75 Å². The lowest BCUT2D eigenvalue weighted by atomic mass is 10.0. The Morgan fingerprint density at radius 1 is 1.47 bits per heavy atom. The zero-order chi connectivity index (χ0) is 11.1. The number of ether oxygens (including phenoxy) is 1. The second-order valence-corrected chi connectivity index (χ2v) is 3.32. The molecule has 0 amide bonds. The van der Waals surface area contributed by atoms with E-state index in [9.17, 15) is 0 Å². The van der Waals surface area contributed by atoms with Crippen LogP contribution in [0.25, 0.3) is 0 Å². The van der Waals surface area contributed by atoms with Gasteiger partial charge in [-0.05, 0) is 24.1 Å². The summed E-state index contributed by atoms with van der Waals surface area (Å²) in [5.41, 5.74) is 3.90. The summed E-state index contributed by atoms with van der Waals surface area (Å²) in [6.45, 7) is 0. The van der Waals surface area contributed by atoms with Crippen molar-refractivity contribution < 1.29 is 4.74 Å². The summed E-state index contributed by atoms with van der Waals surface area (Å²) < 4.78 is 5.08. The molecule has 1 aromatic rings. The van der Waals surface area contributed by atoms with Gasteiger partial charge in [0.1, 0.15) is 5.75 Å². The number of benzene rings is 1. The van der Waals surface area contributed by atoms with Gasteiger partial charge in [-0.2, -0.15) is 0 Å². The van der Waals surface area contributed by atoms with Crippen LogP contribution < -0.4 is 16.0 Å². The summed E-state index contributed by atoms with van der Waals surface area (Å²) >= 11 is 0. The lowest BCUT2D eigenvalue weighted by Crippen LogP contribution is -2.36. The van der Waals surface area contributed by atoms with Crippen molar-refractivity contribution in [1.29, 1.82) is 0 Å². The average Bonchev–Trinajstić information content (AvgIpc) is 2.29. The van der Waals surface area contributed by atoms with Crippen LogP contribution >= 0.6 is 0 Å². The van der Waals surface area contributed by atoms with Gasteiger partial charge in [-0.15, -0.1) is 12.3 Å². The minimum Gasteiger partial charge on any atom is -0.497 e. The summed E-state index contributed by atoms with van der Waals surface area (Å²) in [5, 5.41) is 0. The highest BCUT2D eigenvalue weighted by molar-refractivity contribution is 5.27. The number of rotatable bonds is 5. The number of terminal acetylenes is 1. The fraction of sp³-hybridized carbons (Fsp3) is 0.333. The first-order chi connectivity index (χ1) is 7.30. The van der Waals surface area contributed by atoms with Crippen molar-refractivity contribution in [2.45, 2.75) is 18.9 Å². The molecule has 0 heterocycles. The highest BCUT2D eigenvalue weighted by Gasteiger charge is 2.05. The molecule has 1 aromatic carbocycles. The van der Waals surface area contributed by atoms with Gasteiger partial charge >= 0.3 is 0 Å². The van der Waals surface area contributed by atoms with Crippen LogP contribution in [0.15, 0.2) is 24.3 Å². The van der Waals surface area contributed by atoms with Crippen molar-refractivity contribution in [3.8, 4) is 18.1 Å². The Morgan fingerprint density at radius 2 is 2.13 bits per heavy atom. The second kappa shape index (κ2) is 6.07. The predicted octanol–water partition coefficient (Wildman–Crippen LogP) is 1.09. The number of nitrogens with two attached hydrogens (primary N) is 1. The summed E-state index contributed by atoms with van der Waals surface area (Å²) in [5.74, 6) is 8.84. The molecule has 3 N–H and O–H groups in total. The zero-order valence-corrected chi connectivity index (χ0v) is 8.86. The first-order valence-electron chi connectivity index (χ1n) is 4.82. The fourth-order valence-corrected chi connectivity index (χ4v) is 1.38. The van der Waals surface area contributed by atoms with Crippen LogP contribution in [0, 0.1) is 12.3 Å². The van der Waals surface area contributed by atoms with Gasteiger partial charge < -0.3 is 4.74 Å². The topological polar surface area (TPSA) is 47.3 Å². The minimum atomic E-state index is 0.128. The summed E-state index contributed by atoms with van der Waals surface area (Å²) in [6, 6.07) is 8.01. The normalized spacial score (nSPS) is 11.8. The van der Waals surface area contributed by atoms with Crippen molar-refractivity contribution in [3.63, 3.8) is 0 Å². The molecular formula is C12H16N2O. The molecule has 0 aliphatic rings. The molecule has 1 rings (SSSR count). The Kier molecular flexibility index (Phi) is 4.69. The molecular weight excluding hydrogens is 188 g/mol. The maximum Gasteiger partial charge on any atom is 0.118 e. The average molecular weight is 204 g/mol. The molecule has 0 bridgehead atoms. The highest BCUT2D eigenvalue weighted by atomic mass is 16.5. The van der Waals surface area contributed by atoms with Crippen molar-refractivity contribution in [2.24, 2.45) is 5.84 Å². The van der Waals surface area contributed by atoms with E-state index in [0.717, 1.165) is 12.2 Å². The van der Waals surface area contributed by atoms with E-state index in [0.29, 0.717) is 6.42 Å². The fourth-order valence-electron chi connectivity index (χ4n) is 1.38. The third kappa shape index (κ3) is 3.62. The van der Waals surface area contributed by atoms with E-state index in [2.05, 4.69) is 11.3 Å². The lowest BCUT2D eigenvalue weighted by Gasteiger charge is -2.12. The van der Waals surface area contributed by atoms with Gasteiger partial charge in [0, 0.05) is 12.5 Å². The Bertz CT molecular complexity index is 326. The van der Waals surface area contributed by atoms with Gasteiger partial charge in [0.15, 0.2) is 0 Å². The van der Waals surface area contributed by atoms with E-state index in [1.165, 1.54) is 5.56 Å².